The predicted octanol–water partition coefficient (Wildman–Crippen LogP) is 2.66. The normalized spacial score (nSPS) is 17.0. The van der Waals surface area contributed by atoms with E-state index in [2.05, 4.69) is 38.1 Å². The third-order valence-corrected chi connectivity index (χ3v) is 14.6. The topological polar surface area (TPSA) is 465 Å². The number of carboxylic acid groups (broad SMARTS) is 4. The van der Waals surface area contributed by atoms with Gasteiger partial charge in [0.05, 0.1) is 60.3 Å². The first-order valence-corrected chi connectivity index (χ1v) is 25.8. The molecule has 34 heteroatoms. The summed E-state index contributed by atoms with van der Waals surface area (Å²) in [5, 5.41) is 60.5. The summed E-state index contributed by atoms with van der Waals surface area (Å²) in [5.41, 5.74) is 7.97. The summed E-state index contributed by atoms with van der Waals surface area (Å²) >= 11 is 0. The van der Waals surface area contributed by atoms with Crippen molar-refractivity contribution in [1.82, 2.24) is 44.3 Å². The standard InChI is InChI=1S/C41H42N11O20P3/c42-39-36-40(44-20-43-39)52(21-45-36)41-38(62)37(61)31(70-41)19-69-74(65,66)72-75(67,68)71-73(63,64)49-24-9-7-22(8-10-24)23-11-29(27-5-1-3-25(46-27)13-50(15-32(53)54)16-33(55)56)48-30(12-23)28-6-2-4-26(47-28)14-51(17-34(57)58)18-35(59)60/h1-12,20-21,38,41,61-62H,13-19H2,(H,53,54)(H,55,56)(H,57,58)(H,59,60)(H,65,66)(H,67,68)(H2,42,43,44)(H2,49,63,64)/t38?,41-/m1/s1. The predicted molar refractivity (Wildman–Crippen MR) is 254 cm³/mol. The summed E-state index contributed by atoms with van der Waals surface area (Å²) in [5.74, 6) is -6.63. The molecule has 0 amide bonds. The minimum absolute atomic E-state index is 0.0142. The maximum atomic E-state index is 13.1. The number of aliphatic hydroxyl groups excluding tert-OH is 2. The summed E-state index contributed by atoms with van der Waals surface area (Å²) in [6.45, 7) is -3.97. The monoisotopic (exact) mass is 1100 g/mol. The zero-order valence-corrected chi connectivity index (χ0v) is 40.8. The quantitative estimate of drug-likeness (QED) is 0.0367. The van der Waals surface area contributed by atoms with Crippen LogP contribution in [0.25, 0.3) is 45.1 Å². The Kier molecular flexibility index (Phi) is 16.8. The fourth-order valence-corrected chi connectivity index (χ4v) is 10.9. The van der Waals surface area contributed by atoms with E-state index < -0.39 is 104 Å². The van der Waals surface area contributed by atoms with Crippen LogP contribution in [0.1, 0.15) is 17.6 Å². The van der Waals surface area contributed by atoms with Crippen LogP contribution in [0.2, 0.25) is 0 Å². The number of aliphatic carboxylic acids is 4. The van der Waals surface area contributed by atoms with E-state index in [0.29, 0.717) is 11.1 Å². The van der Waals surface area contributed by atoms with E-state index in [0.717, 1.165) is 27.0 Å². The van der Waals surface area contributed by atoms with Gasteiger partial charge < -0.3 is 55.8 Å². The second-order valence-electron chi connectivity index (χ2n) is 15.9. The molecule has 4 unspecified atom stereocenters. The van der Waals surface area contributed by atoms with Gasteiger partial charge in [-0.1, -0.05) is 24.3 Å². The van der Waals surface area contributed by atoms with Gasteiger partial charge in [-0.15, -0.1) is 0 Å². The Morgan fingerprint density at radius 1 is 0.693 bits per heavy atom. The molecule has 0 bridgehead atoms. The van der Waals surface area contributed by atoms with Gasteiger partial charge >= 0.3 is 47.3 Å². The van der Waals surface area contributed by atoms with Crippen molar-refractivity contribution in [3.8, 4) is 33.9 Å². The number of phosphoric ester groups is 1. The molecule has 1 aliphatic rings. The Morgan fingerprint density at radius 2 is 1.23 bits per heavy atom. The van der Waals surface area contributed by atoms with E-state index in [1.807, 2.05) is 5.09 Å². The van der Waals surface area contributed by atoms with Gasteiger partial charge in [0.15, 0.2) is 29.1 Å². The fourth-order valence-electron chi connectivity index (χ4n) is 7.25. The Balaban J connectivity index is 1.08. The summed E-state index contributed by atoms with van der Waals surface area (Å²) < 4.78 is 58.5. The largest absolute Gasteiger partial charge is 0.506 e. The number of aromatic nitrogens is 7. The molecule has 0 aliphatic carbocycles. The van der Waals surface area contributed by atoms with Gasteiger partial charge in [0.25, 0.3) is 0 Å². The number of hydrogen-bond acceptors (Lipinski definition) is 22. The average Bonchev–Trinajstić information content (AvgIpc) is 3.86. The van der Waals surface area contributed by atoms with Crippen LogP contribution in [0.4, 0.5) is 11.5 Å². The maximum Gasteiger partial charge on any atom is 0.489 e. The number of ether oxygens (including phenoxy) is 1. The van der Waals surface area contributed by atoms with Gasteiger partial charge in [0.2, 0.25) is 6.23 Å². The number of nitrogen functional groups attached to an aromatic ring is 1. The Morgan fingerprint density at radius 3 is 1.75 bits per heavy atom. The third-order valence-electron chi connectivity index (χ3n) is 10.2. The minimum atomic E-state index is -5.97. The number of benzene rings is 1. The first-order chi connectivity index (χ1) is 35.3. The molecule has 0 saturated heterocycles. The number of rotatable bonds is 25. The van der Waals surface area contributed by atoms with Crippen LogP contribution >= 0.6 is 23.4 Å². The molecule has 396 valence electrons. The first kappa shape index (κ1) is 55.1. The molecule has 1 aliphatic heterocycles. The third kappa shape index (κ3) is 14.8. The lowest BCUT2D eigenvalue weighted by molar-refractivity contribution is -0.144. The summed E-state index contributed by atoms with van der Waals surface area (Å²) in [6.07, 6.45) is -1.01. The molecular formula is C41H42N11O20P3. The maximum absolute atomic E-state index is 13.1. The van der Waals surface area contributed by atoms with Gasteiger partial charge in [0, 0.05) is 18.8 Å². The number of imidazole rings is 1. The van der Waals surface area contributed by atoms with Crippen molar-refractivity contribution >= 4 is 69.9 Å². The highest BCUT2D eigenvalue weighted by atomic mass is 31.3. The number of carbonyl (C=O) groups is 4. The highest BCUT2D eigenvalue weighted by Gasteiger charge is 2.44. The highest BCUT2D eigenvalue weighted by Crippen LogP contribution is 2.67. The molecule has 6 aromatic rings. The molecule has 5 atom stereocenters. The lowest BCUT2D eigenvalue weighted by Crippen LogP contribution is -2.34. The van der Waals surface area contributed by atoms with E-state index in [-0.39, 0.29) is 69.9 Å². The molecule has 1 aromatic carbocycles. The van der Waals surface area contributed by atoms with Crippen molar-refractivity contribution in [2.24, 2.45) is 0 Å². The van der Waals surface area contributed by atoms with Gasteiger partial charge in [-0.05, 0) is 59.7 Å². The van der Waals surface area contributed by atoms with Crippen LogP contribution in [0.3, 0.4) is 0 Å². The van der Waals surface area contributed by atoms with Crippen LogP contribution in [0.5, 0.6) is 0 Å². The molecule has 12 N–H and O–H groups in total. The Bertz CT molecular complexity index is 3220. The van der Waals surface area contributed by atoms with Crippen molar-refractivity contribution in [1.29, 1.82) is 0 Å². The number of hydrogen-bond donors (Lipinski definition) is 11. The molecule has 31 nitrogen and oxygen atoms in total. The van der Waals surface area contributed by atoms with Crippen molar-refractivity contribution < 1.29 is 96.1 Å². The van der Waals surface area contributed by atoms with E-state index in [1.54, 1.807) is 48.5 Å². The van der Waals surface area contributed by atoms with E-state index in [9.17, 15) is 78.2 Å². The highest BCUT2D eigenvalue weighted by molar-refractivity contribution is 7.68. The summed E-state index contributed by atoms with van der Waals surface area (Å²) in [7, 11) is -17.1. The zero-order chi connectivity index (χ0) is 54.4. The number of aliphatic hydroxyl groups is 2. The Hall–Kier alpha value is -7.63. The van der Waals surface area contributed by atoms with Crippen LogP contribution in [-0.2, 0) is 63.8 Å². The molecular weight excluding hydrogens is 1060 g/mol. The summed E-state index contributed by atoms with van der Waals surface area (Å²) in [6, 6.07) is 17.9. The molecule has 7 rings (SSSR count). The SMILES string of the molecule is Nc1ncnc2c1ncn2[C@@H]1OC(COP(=O)(O)OP(=O)(O)OP(=O)(O)Nc2ccc(-c3cc(-c4cccc(CN(CC(=O)O)CC(=O)O)n4)nc(-c4cccc(CN(CC(=O)O)CC(=O)O)n4)c3)cc2)=C(O)C1O. The van der Waals surface area contributed by atoms with E-state index >= 15 is 0 Å². The van der Waals surface area contributed by atoms with Gasteiger partial charge in [-0.2, -0.15) is 8.62 Å². The average molecular weight is 1100 g/mol. The van der Waals surface area contributed by atoms with Gasteiger partial charge in [0.1, 0.15) is 24.8 Å². The van der Waals surface area contributed by atoms with Crippen LogP contribution in [0.15, 0.2) is 97.0 Å². The fraction of sp³-hybridized carbons (Fsp3) is 0.220. The molecule has 5 aromatic heterocycles. The number of nitrogens with one attached hydrogen (secondary N) is 1. The van der Waals surface area contributed by atoms with Crippen molar-refractivity contribution in [3.63, 3.8) is 0 Å². The molecule has 0 fully saturated rings. The van der Waals surface area contributed by atoms with Gasteiger partial charge in [-0.3, -0.25) is 43.2 Å². The number of nitrogens with two attached hydrogens (primary N) is 1. The number of carboxylic acids is 4. The molecule has 0 radical (unpaired) electrons. The second-order valence-corrected chi connectivity index (χ2v) is 20.7. The zero-order valence-electron chi connectivity index (χ0n) is 38.1. The number of pyridine rings is 3. The van der Waals surface area contributed by atoms with Crippen LogP contribution in [0, 0.1) is 0 Å². The smallest absolute Gasteiger partial charge is 0.489 e. The van der Waals surface area contributed by atoms with Crippen LogP contribution in [-0.4, -0.2) is 152 Å². The number of nitrogens with zero attached hydrogens (tertiary/aromatic N) is 9. The van der Waals surface area contributed by atoms with Gasteiger partial charge in [-0.25, -0.2) is 43.6 Å². The first-order valence-electron chi connectivity index (χ1n) is 21.2. The van der Waals surface area contributed by atoms with E-state index in [4.69, 9.17) is 15.5 Å². The lowest BCUT2D eigenvalue weighted by Gasteiger charge is -2.20. The van der Waals surface area contributed by atoms with Crippen molar-refractivity contribution in [3.05, 3.63) is 108 Å². The van der Waals surface area contributed by atoms with Crippen LogP contribution < -0.4 is 10.8 Å². The van der Waals surface area contributed by atoms with Crippen molar-refractivity contribution in [2.45, 2.75) is 25.4 Å². The molecule has 0 spiro atoms. The Labute approximate surface area is 420 Å². The molecule has 6 heterocycles. The minimum Gasteiger partial charge on any atom is -0.506 e. The summed E-state index contributed by atoms with van der Waals surface area (Å²) in [4.78, 5) is 105. The molecule has 0 saturated carbocycles. The number of anilines is 2. The van der Waals surface area contributed by atoms with E-state index in [1.165, 1.54) is 24.3 Å². The number of phosphoric acid groups is 2. The number of fused-ring (bicyclic) bond motifs is 1. The van der Waals surface area contributed by atoms with Crippen molar-refractivity contribution in [2.75, 3.05) is 43.6 Å². The molecule has 75 heavy (non-hydrogen) atoms. The lowest BCUT2D eigenvalue weighted by atomic mass is 10.0. The second kappa shape index (κ2) is 22.9.